The molecule has 0 heterocycles. The van der Waals surface area contributed by atoms with Crippen LogP contribution in [-0.4, -0.2) is 18.3 Å². The van der Waals surface area contributed by atoms with Crippen molar-refractivity contribution in [2.75, 3.05) is 13.2 Å². The van der Waals surface area contributed by atoms with E-state index in [-0.39, 0.29) is 12.0 Å². The van der Waals surface area contributed by atoms with Gasteiger partial charge in [-0.3, -0.25) is 0 Å². The van der Waals surface area contributed by atoms with Gasteiger partial charge in [-0.25, -0.2) is 0 Å². The normalized spacial score (nSPS) is 11.7. The third kappa shape index (κ3) is 4.65. The van der Waals surface area contributed by atoms with Gasteiger partial charge < -0.3 is 10.4 Å². The summed E-state index contributed by atoms with van der Waals surface area (Å²) in [6.07, 6.45) is 0. The summed E-state index contributed by atoms with van der Waals surface area (Å²) in [4.78, 5) is 0. The SMILES string of the molecule is CC(C)(CO)CNCc1ccc(Cl)cc1. The Labute approximate surface area is 96.3 Å². The highest BCUT2D eigenvalue weighted by Crippen LogP contribution is 2.12. The zero-order valence-corrected chi connectivity index (χ0v) is 10.0. The first-order chi connectivity index (χ1) is 7.03. The molecule has 84 valence electrons. The topological polar surface area (TPSA) is 32.3 Å². The summed E-state index contributed by atoms with van der Waals surface area (Å²) in [6.45, 7) is 5.86. The van der Waals surface area contributed by atoms with Crippen molar-refractivity contribution in [1.82, 2.24) is 5.32 Å². The summed E-state index contributed by atoms with van der Waals surface area (Å²) in [5.41, 5.74) is 1.14. The van der Waals surface area contributed by atoms with Gasteiger partial charge in [0, 0.05) is 30.1 Å². The molecule has 0 unspecified atom stereocenters. The first kappa shape index (κ1) is 12.5. The average Bonchev–Trinajstić information content (AvgIpc) is 2.21. The van der Waals surface area contributed by atoms with Gasteiger partial charge in [-0.15, -0.1) is 0 Å². The van der Waals surface area contributed by atoms with Gasteiger partial charge in [-0.2, -0.15) is 0 Å². The van der Waals surface area contributed by atoms with Crippen LogP contribution >= 0.6 is 11.6 Å². The number of halogens is 1. The Morgan fingerprint density at radius 2 is 1.87 bits per heavy atom. The molecule has 1 rings (SSSR count). The fourth-order valence-electron chi connectivity index (χ4n) is 1.20. The molecular formula is C12H18ClNO. The first-order valence-corrected chi connectivity index (χ1v) is 5.47. The third-order valence-electron chi connectivity index (χ3n) is 2.27. The number of hydrogen-bond donors (Lipinski definition) is 2. The molecule has 3 heteroatoms. The average molecular weight is 228 g/mol. The van der Waals surface area contributed by atoms with E-state index in [1.807, 2.05) is 38.1 Å². The van der Waals surface area contributed by atoms with Crippen molar-refractivity contribution in [2.24, 2.45) is 5.41 Å². The Bertz CT molecular complexity index is 295. The molecule has 2 N–H and O–H groups in total. The van der Waals surface area contributed by atoms with Crippen LogP contribution in [0.1, 0.15) is 19.4 Å². The van der Waals surface area contributed by atoms with E-state index in [4.69, 9.17) is 16.7 Å². The van der Waals surface area contributed by atoms with Crippen LogP contribution in [0.5, 0.6) is 0 Å². The molecule has 1 aromatic carbocycles. The van der Waals surface area contributed by atoms with Crippen LogP contribution in [0, 0.1) is 5.41 Å². The highest BCUT2D eigenvalue weighted by atomic mass is 35.5. The van der Waals surface area contributed by atoms with Gasteiger partial charge in [0.05, 0.1) is 0 Å². The van der Waals surface area contributed by atoms with Crippen LogP contribution in [0.25, 0.3) is 0 Å². The molecule has 0 spiro atoms. The summed E-state index contributed by atoms with van der Waals surface area (Å²) in [5.74, 6) is 0. The predicted octanol–water partition coefficient (Wildman–Crippen LogP) is 2.45. The summed E-state index contributed by atoms with van der Waals surface area (Å²) in [7, 11) is 0. The molecule has 0 aliphatic heterocycles. The fraction of sp³-hybridized carbons (Fsp3) is 0.500. The lowest BCUT2D eigenvalue weighted by Gasteiger charge is -2.21. The van der Waals surface area contributed by atoms with E-state index in [0.29, 0.717) is 0 Å². The molecule has 0 atom stereocenters. The van der Waals surface area contributed by atoms with E-state index in [1.165, 1.54) is 5.56 Å². The summed E-state index contributed by atoms with van der Waals surface area (Å²) in [5, 5.41) is 13.1. The molecule has 0 amide bonds. The Kier molecular flexibility index (Phi) is 4.58. The van der Waals surface area contributed by atoms with Gasteiger partial charge in [0.25, 0.3) is 0 Å². The van der Waals surface area contributed by atoms with E-state index in [9.17, 15) is 0 Å². The molecule has 15 heavy (non-hydrogen) atoms. The van der Waals surface area contributed by atoms with Crippen molar-refractivity contribution >= 4 is 11.6 Å². The minimum Gasteiger partial charge on any atom is -0.396 e. The summed E-state index contributed by atoms with van der Waals surface area (Å²) in [6, 6.07) is 7.77. The largest absolute Gasteiger partial charge is 0.396 e. The van der Waals surface area contributed by atoms with Crippen molar-refractivity contribution in [1.29, 1.82) is 0 Å². The second kappa shape index (κ2) is 5.50. The third-order valence-corrected chi connectivity index (χ3v) is 2.53. The Balaban J connectivity index is 2.35. The lowest BCUT2D eigenvalue weighted by molar-refractivity contribution is 0.156. The molecule has 0 aliphatic rings. The molecule has 0 bridgehead atoms. The maximum absolute atomic E-state index is 9.07. The van der Waals surface area contributed by atoms with Crippen LogP contribution in [0.2, 0.25) is 5.02 Å². The zero-order chi connectivity index (χ0) is 11.3. The molecule has 0 aliphatic carbocycles. The van der Waals surface area contributed by atoms with Crippen LogP contribution < -0.4 is 5.32 Å². The molecule has 0 aromatic heterocycles. The van der Waals surface area contributed by atoms with Crippen LogP contribution in [0.15, 0.2) is 24.3 Å². The van der Waals surface area contributed by atoms with Gasteiger partial charge in [0.15, 0.2) is 0 Å². The van der Waals surface area contributed by atoms with E-state index < -0.39 is 0 Å². The van der Waals surface area contributed by atoms with Crippen molar-refractivity contribution < 1.29 is 5.11 Å². The molecule has 0 saturated carbocycles. The maximum atomic E-state index is 9.07. The Hall–Kier alpha value is -0.570. The van der Waals surface area contributed by atoms with E-state index in [0.717, 1.165) is 18.1 Å². The number of rotatable bonds is 5. The first-order valence-electron chi connectivity index (χ1n) is 5.09. The predicted molar refractivity (Wildman–Crippen MR) is 64.0 cm³/mol. The molecule has 0 radical (unpaired) electrons. The monoisotopic (exact) mass is 227 g/mol. The zero-order valence-electron chi connectivity index (χ0n) is 9.26. The number of nitrogens with one attached hydrogen (secondary N) is 1. The van der Waals surface area contributed by atoms with Crippen molar-refractivity contribution in [3.8, 4) is 0 Å². The molecule has 0 fully saturated rings. The maximum Gasteiger partial charge on any atom is 0.0494 e. The van der Waals surface area contributed by atoms with Gasteiger partial charge >= 0.3 is 0 Å². The van der Waals surface area contributed by atoms with Gasteiger partial charge in [0.2, 0.25) is 0 Å². The highest BCUT2D eigenvalue weighted by molar-refractivity contribution is 6.30. The number of benzene rings is 1. The van der Waals surface area contributed by atoms with Gasteiger partial charge in [-0.1, -0.05) is 37.6 Å². The summed E-state index contributed by atoms with van der Waals surface area (Å²) >= 11 is 5.79. The van der Waals surface area contributed by atoms with Crippen LogP contribution in [0.4, 0.5) is 0 Å². The van der Waals surface area contributed by atoms with Crippen molar-refractivity contribution in [3.05, 3.63) is 34.9 Å². The van der Waals surface area contributed by atoms with Gasteiger partial charge in [-0.05, 0) is 17.7 Å². The Morgan fingerprint density at radius 1 is 1.27 bits per heavy atom. The highest BCUT2D eigenvalue weighted by Gasteiger charge is 2.15. The quantitative estimate of drug-likeness (QED) is 0.810. The summed E-state index contributed by atoms with van der Waals surface area (Å²) < 4.78 is 0. The standard InChI is InChI=1S/C12H18ClNO/c1-12(2,9-15)8-14-7-10-3-5-11(13)6-4-10/h3-6,14-15H,7-9H2,1-2H3. The fourth-order valence-corrected chi connectivity index (χ4v) is 1.33. The minimum absolute atomic E-state index is 0.0631. The van der Waals surface area contributed by atoms with E-state index in [2.05, 4.69) is 5.32 Å². The minimum atomic E-state index is -0.0631. The number of aliphatic hydroxyl groups excluding tert-OH is 1. The number of hydrogen-bond acceptors (Lipinski definition) is 2. The van der Waals surface area contributed by atoms with Crippen molar-refractivity contribution in [3.63, 3.8) is 0 Å². The van der Waals surface area contributed by atoms with Gasteiger partial charge in [0.1, 0.15) is 0 Å². The second-order valence-electron chi connectivity index (χ2n) is 4.55. The molecule has 2 nitrogen and oxygen atoms in total. The van der Waals surface area contributed by atoms with E-state index >= 15 is 0 Å². The molecule has 0 saturated heterocycles. The van der Waals surface area contributed by atoms with Crippen LogP contribution in [0.3, 0.4) is 0 Å². The lowest BCUT2D eigenvalue weighted by Crippen LogP contribution is -2.31. The van der Waals surface area contributed by atoms with E-state index in [1.54, 1.807) is 0 Å². The van der Waals surface area contributed by atoms with Crippen molar-refractivity contribution in [2.45, 2.75) is 20.4 Å². The molecular weight excluding hydrogens is 210 g/mol. The Morgan fingerprint density at radius 3 is 2.40 bits per heavy atom. The smallest absolute Gasteiger partial charge is 0.0494 e. The number of aliphatic hydroxyl groups is 1. The van der Waals surface area contributed by atoms with Crippen LogP contribution in [-0.2, 0) is 6.54 Å². The second-order valence-corrected chi connectivity index (χ2v) is 4.99. The molecule has 1 aromatic rings. The lowest BCUT2D eigenvalue weighted by atomic mass is 9.95.